The van der Waals surface area contributed by atoms with Crippen molar-refractivity contribution >= 4 is 5.97 Å². The Morgan fingerprint density at radius 3 is 1.94 bits per heavy atom. The van der Waals surface area contributed by atoms with Gasteiger partial charge in [0.15, 0.2) is 0 Å². The van der Waals surface area contributed by atoms with Gasteiger partial charge in [-0.25, -0.2) is 0 Å². The molecular weight excluding hydrogens is 498 g/mol. The number of carbonyl (C=O) groups is 1. The molecule has 0 saturated carbocycles. The summed E-state index contributed by atoms with van der Waals surface area (Å²) in [7, 11) is 0. The third kappa shape index (κ3) is 18.1. The normalized spacial score (nSPS) is 10.7. The van der Waals surface area contributed by atoms with Crippen molar-refractivity contribution in [3.05, 3.63) is 29.3 Å². The number of hydrogen-bond donors (Lipinski definition) is 1. The fraction of sp³-hybridized carbons (Fsp3) is 0.720. The number of unbranched alkanes of at least 4 members (excludes halogenated alkanes) is 7. The molecule has 0 bridgehead atoms. The third-order valence-corrected chi connectivity index (χ3v) is 5.05. The molecule has 0 amide bonds. The number of aliphatic hydroxyl groups is 1. The van der Waals surface area contributed by atoms with Gasteiger partial charge in [-0.15, -0.1) is 0 Å². The predicted octanol–water partition coefficient (Wildman–Crippen LogP) is 0.158. The Kier molecular flexibility index (Phi) is 24.0. The Morgan fingerprint density at radius 1 is 0.818 bits per heavy atom. The van der Waals surface area contributed by atoms with Gasteiger partial charge in [0, 0.05) is 5.56 Å². The van der Waals surface area contributed by atoms with E-state index in [0.29, 0.717) is 45.4 Å². The summed E-state index contributed by atoms with van der Waals surface area (Å²) >= 11 is 0. The van der Waals surface area contributed by atoms with Gasteiger partial charge in [-0.2, -0.15) is 0 Å². The molecule has 0 saturated heterocycles. The first-order valence-electron chi connectivity index (χ1n) is 12.0. The van der Waals surface area contributed by atoms with Gasteiger partial charge >= 0.3 is 58.2 Å². The van der Waals surface area contributed by atoms with Gasteiger partial charge in [0.1, 0.15) is 12.4 Å². The molecule has 0 aliphatic carbocycles. The van der Waals surface area contributed by atoms with Crippen molar-refractivity contribution in [3.63, 3.8) is 0 Å². The molecule has 0 aromatic heterocycles. The molecule has 0 aliphatic rings. The van der Waals surface area contributed by atoms with Crippen molar-refractivity contribution in [3.8, 4) is 5.75 Å². The van der Waals surface area contributed by atoms with Crippen LogP contribution in [0.25, 0.3) is 0 Å². The zero-order valence-electron chi connectivity index (χ0n) is 20.6. The number of carbonyl (C=O) groups excluding carboxylic acids is 1. The number of ether oxygens (including phenoxy) is 4. The predicted molar refractivity (Wildman–Crippen MR) is 122 cm³/mol. The van der Waals surface area contributed by atoms with Crippen LogP contribution in [0, 0.1) is 0 Å². The molecule has 7 nitrogen and oxygen atoms in total. The minimum absolute atomic E-state index is 0. The fourth-order valence-corrected chi connectivity index (χ4v) is 3.30. The molecule has 0 spiro atoms. The average molecular weight is 539 g/mol. The molecule has 0 atom stereocenters. The number of rotatable bonds is 22. The number of carboxylic acid groups (broad SMARTS) is 1. The van der Waals surface area contributed by atoms with E-state index in [4.69, 9.17) is 24.1 Å². The summed E-state index contributed by atoms with van der Waals surface area (Å²) in [5.41, 5.74) is 1.09. The first-order chi connectivity index (χ1) is 15.7. The second-order valence-corrected chi connectivity index (χ2v) is 7.75. The van der Waals surface area contributed by atoms with Crippen molar-refractivity contribution in [1.29, 1.82) is 0 Å². The average Bonchev–Trinajstić information content (AvgIpc) is 2.79. The molecule has 0 unspecified atom stereocenters. The van der Waals surface area contributed by atoms with E-state index in [-0.39, 0.29) is 77.0 Å². The van der Waals surface area contributed by atoms with Crippen LogP contribution in [0.5, 0.6) is 5.75 Å². The number of aromatic carboxylic acids is 1. The molecule has 33 heavy (non-hydrogen) atoms. The summed E-state index contributed by atoms with van der Waals surface area (Å²) in [6, 6.07) is 5.30. The number of aliphatic hydroxyl groups excluding tert-OH is 1. The minimum atomic E-state index is -1.23. The van der Waals surface area contributed by atoms with E-state index in [0.717, 1.165) is 18.4 Å². The Hall–Kier alpha value is 0.135. The minimum Gasteiger partial charge on any atom is -0.545 e. The van der Waals surface area contributed by atoms with Gasteiger partial charge in [0.2, 0.25) is 0 Å². The van der Waals surface area contributed by atoms with Crippen LogP contribution >= 0.6 is 0 Å². The molecule has 8 heteroatoms. The van der Waals surface area contributed by atoms with Crippen molar-refractivity contribution in [2.45, 2.75) is 64.7 Å². The van der Waals surface area contributed by atoms with E-state index in [1.165, 1.54) is 44.9 Å². The van der Waals surface area contributed by atoms with Crippen LogP contribution in [0.2, 0.25) is 0 Å². The van der Waals surface area contributed by atoms with E-state index in [2.05, 4.69) is 6.92 Å². The molecule has 0 radical (unpaired) electrons. The zero-order chi connectivity index (χ0) is 23.3. The topological polar surface area (TPSA) is 97.3 Å². The van der Waals surface area contributed by atoms with Crippen LogP contribution in [0.1, 0.15) is 74.2 Å². The molecule has 1 aromatic rings. The van der Waals surface area contributed by atoms with E-state index in [1.807, 2.05) is 6.07 Å². The third-order valence-electron chi connectivity index (χ3n) is 5.05. The maximum atomic E-state index is 11.5. The Bertz CT molecular complexity index is 598. The van der Waals surface area contributed by atoms with Crippen molar-refractivity contribution in [2.24, 2.45) is 0 Å². The van der Waals surface area contributed by atoms with Crippen molar-refractivity contribution < 1.29 is 92.1 Å². The Morgan fingerprint density at radius 2 is 1.36 bits per heavy atom. The summed E-state index contributed by atoms with van der Waals surface area (Å²) in [5.74, 6) is -0.916. The van der Waals surface area contributed by atoms with E-state index in [1.54, 1.807) is 12.1 Å². The van der Waals surface area contributed by atoms with Crippen LogP contribution < -0.4 is 68.0 Å². The van der Waals surface area contributed by atoms with Crippen LogP contribution in [0.4, 0.5) is 0 Å². The molecule has 1 aromatic carbocycles. The van der Waals surface area contributed by atoms with Crippen molar-refractivity contribution in [2.75, 3.05) is 52.9 Å². The SMILES string of the molecule is CCCCCCCCCCc1ccc(OCCOCCOCCOCCO)c(C(=O)[O-])c1.[Rb+]. The van der Waals surface area contributed by atoms with E-state index in [9.17, 15) is 9.90 Å². The van der Waals surface area contributed by atoms with Crippen LogP contribution in [0.3, 0.4) is 0 Å². The van der Waals surface area contributed by atoms with Crippen LogP contribution in [0.15, 0.2) is 18.2 Å². The molecule has 1 rings (SSSR count). The van der Waals surface area contributed by atoms with Crippen LogP contribution in [-0.4, -0.2) is 63.9 Å². The first-order valence-corrected chi connectivity index (χ1v) is 12.0. The number of benzene rings is 1. The first kappa shape index (κ1) is 33.1. The molecule has 184 valence electrons. The van der Waals surface area contributed by atoms with Gasteiger partial charge < -0.3 is 34.0 Å². The Labute approximate surface area is 248 Å². The van der Waals surface area contributed by atoms with Crippen LogP contribution in [-0.2, 0) is 20.6 Å². The Balaban J connectivity index is 0.0000102. The standard InChI is InChI=1S/C25H42O7.Rb/c1-2-3-4-5-6-7-8-9-10-22-11-12-24(23(21-22)25(27)28)32-20-19-31-18-17-30-16-15-29-14-13-26;/h11-12,21,26H,2-10,13-20H2,1H3,(H,27,28);/q;+1/p-1. The van der Waals surface area contributed by atoms with E-state index < -0.39 is 5.97 Å². The summed E-state index contributed by atoms with van der Waals surface area (Å²) in [5, 5.41) is 20.1. The van der Waals surface area contributed by atoms with Gasteiger partial charge in [-0.3, -0.25) is 0 Å². The quantitative estimate of drug-likeness (QED) is 0.210. The zero-order valence-corrected chi connectivity index (χ0v) is 25.6. The smallest absolute Gasteiger partial charge is 0.545 e. The number of carboxylic acids is 1. The number of aryl methyl sites for hydroxylation is 1. The maximum Gasteiger partial charge on any atom is 1.00 e. The molecular formula is C25H41O7Rb. The van der Waals surface area contributed by atoms with Gasteiger partial charge in [0.05, 0.1) is 52.2 Å². The monoisotopic (exact) mass is 538 g/mol. The summed E-state index contributed by atoms with van der Waals surface area (Å²) < 4.78 is 21.4. The summed E-state index contributed by atoms with van der Waals surface area (Å²) in [4.78, 5) is 11.5. The second kappa shape index (κ2) is 23.9. The van der Waals surface area contributed by atoms with Gasteiger partial charge in [-0.05, 0) is 30.5 Å². The molecule has 1 N–H and O–H groups in total. The largest absolute Gasteiger partial charge is 1.00 e. The van der Waals surface area contributed by atoms with Crippen molar-refractivity contribution in [1.82, 2.24) is 0 Å². The van der Waals surface area contributed by atoms with Gasteiger partial charge in [-0.1, -0.05) is 57.9 Å². The summed E-state index contributed by atoms with van der Waals surface area (Å²) in [6.45, 7) is 4.84. The summed E-state index contributed by atoms with van der Waals surface area (Å²) in [6.07, 6.45) is 10.8. The molecule has 0 aliphatic heterocycles. The maximum absolute atomic E-state index is 11.5. The molecule has 0 fully saturated rings. The van der Waals surface area contributed by atoms with Gasteiger partial charge in [0.25, 0.3) is 0 Å². The number of hydrogen-bond acceptors (Lipinski definition) is 7. The second-order valence-electron chi connectivity index (χ2n) is 7.75. The fourth-order valence-electron chi connectivity index (χ4n) is 3.30. The molecule has 0 heterocycles. The van der Waals surface area contributed by atoms with E-state index >= 15 is 0 Å².